The Balaban J connectivity index is 4.05. The molecule has 1 atom stereocenters. The number of rotatable bonds is 61. The van der Waals surface area contributed by atoms with E-state index in [1.807, 2.05) is 0 Å². The molecular weight excluding hydrogens is 1020 g/mol. The highest BCUT2D eigenvalue weighted by Crippen LogP contribution is 2.16. The number of ether oxygens (including phenoxy) is 3. The SMILES string of the molecule is CC/C=C\C/C=C\C/C=C\C/C=C\C/C=C\C/C=C\C/C=C\CCCCCCCCCCCC(=O)OCC(COC(=O)CCCCCCC)OC(=O)CCCCCCCCCCCCCCC/C=C\C/C=C\C/C=C\C/C=C\C/C=C\CC. The van der Waals surface area contributed by atoms with Crippen LogP contribution in [0, 0.1) is 0 Å². The third kappa shape index (κ3) is 68.0. The van der Waals surface area contributed by atoms with Crippen molar-refractivity contribution >= 4 is 17.9 Å². The summed E-state index contributed by atoms with van der Waals surface area (Å²) in [5.41, 5.74) is 0. The number of esters is 3. The standard InChI is InChI=1S/C77H126O6/c1-4-7-10-13-15-17-19-21-23-25-27-29-31-33-35-37-38-40-41-43-45-47-49-51-53-55-57-59-61-64-67-70-76(79)82-73-74(72-81-75(78)69-66-63-12-9-6-3)83-77(80)71-68-65-62-60-58-56-54-52-50-48-46-44-42-39-36-34-32-30-28-26-24-22-20-18-16-14-11-8-5-2/h7-8,10-11,15-18,21-24,27-30,33-36,38,40,43,45,74H,4-6,9,12-14,19-20,25-26,31-32,37,39,41-42,44,46-73H2,1-3H3/b10-7-,11-8-,17-15-,18-16-,23-21-,24-22-,29-27-,30-28-,35-33-,36-34-,40-38-,45-43-. The molecule has 0 radical (unpaired) electrons. The summed E-state index contributed by atoms with van der Waals surface area (Å²) in [6, 6.07) is 0. The van der Waals surface area contributed by atoms with Gasteiger partial charge in [0.25, 0.3) is 0 Å². The molecule has 6 nitrogen and oxygen atoms in total. The van der Waals surface area contributed by atoms with Crippen LogP contribution in [0.3, 0.4) is 0 Å². The number of carbonyl (C=O) groups excluding carboxylic acids is 3. The Morgan fingerprint density at radius 3 is 0.735 bits per heavy atom. The molecule has 0 aromatic heterocycles. The summed E-state index contributed by atoms with van der Waals surface area (Å²) in [4.78, 5) is 38.0. The molecule has 0 spiro atoms. The van der Waals surface area contributed by atoms with Crippen molar-refractivity contribution in [1.29, 1.82) is 0 Å². The average Bonchev–Trinajstić information content (AvgIpc) is 3.49. The van der Waals surface area contributed by atoms with Crippen LogP contribution < -0.4 is 0 Å². The minimum atomic E-state index is -0.783. The second kappa shape index (κ2) is 69.8. The number of hydrogen-bond acceptors (Lipinski definition) is 6. The van der Waals surface area contributed by atoms with Crippen LogP contribution in [0.4, 0.5) is 0 Å². The van der Waals surface area contributed by atoms with Gasteiger partial charge in [-0.15, -0.1) is 0 Å². The van der Waals surface area contributed by atoms with E-state index in [9.17, 15) is 14.4 Å². The largest absolute Gasteiger partial charge is 0.462 e. The summed E-state index contributed by atoms with van der Waals surface area (Å²) in [5.74, 6) is -0.901. The highest BCUT2D eigenvalue weighted by Gasteiger charge is 2.19. The van der Waals surface area contributed by atoms with Crippen LogP contribution in [0.15, 0.2) is 146 Å². The molecule has 1 unspecified atom stereocenters. The molecular formula is C77H126O6. The molecule has 0 aliphatic rings. The monoisotopic (exact) mass is 1150 g/mol. The lowest BCUT2D eigenvalue weighted by Crippen LogP contribution is -2.30. The average molecular weight is 1150 g/mol. The van der Waals surface area contributed by atoms with Crippen LogP contribution in [0.2, 0.25) is 0 Å². The van der Waals surface area contributed by atoms with E-state index in [1.54, 1.807) is 0 Å². The summed E-state index contributed by atoms with van der Waals surface area (Å²) in [7, 11) is 0. The zero-order valence-corrected chi connectivity index (χ0v) is 53.9. The first-order valence-electron chi connectivity index (χ1n) is 34.3. The van der Waals surface area contributed by atoms with Gasteiger partial charge in [0.1, 0.15) is 13.2 Å². The van der Waals surface area contributed by atoms with Gasteiger partial charge in [-0.05, 0) is 122 Å². The second-order valence-corrected chi connectivity index (χ2v) is 22.3. The lowest BCUT2D eigenvalue weighted by Gasteiger charge is -2.18. The normalized spacial score (nSPS) is 13.0. The topological polar surface area (TPSA) is 78.9 Å². The fourth-order valence-electron chi connectivity index (χ4n) is 9.27. The Labute approximate surface area is 512 Å². The third-order valence-electron chi connectivity index (χ3n) is 14.3. The van der Waals surface area contributed by atoms with E-state index < -0.39 is 6.10 Å². The van der Waals surface area contributed by atoms with Gasteiger partial charge in [0, 0.05) is 19.3 Å². The van der Waals surface area contributed by atoms with Crippen molar-refractivity contribution in [2.24, 2.45) is 0 Å². The number of hydrogen-bond donors (Lipinski definition) is 0. The van der Waals surface area contributed by atoms with Crippen molar-refractivity contribution in [3.8, 4) is 0 Å². The van der Waals surface area contributed by atoms with Gasteiger partial charge in [-0.25, -0.2) is 0 Å². The summed E-state index contributed by atoms with van der Waals surface area (Å²) < 4.78 is 16.8. The van der Waals surface area contributed by atoms with Crippen LogP contribution in [0.5, 0.6) is 0 Å². The van der Waals surface area contributed by atoms with Gasteiger partial charge >= 0.3 is 17.9 Å². The highest BCUT2D eigenvalue weighted by atomic mass is 16.6. The molecule has 0 aliphatic heterocycles. The minimum Gasteiger partial charge on any atom is -0.462 e. The van der Waals surface area contributed by atoms with Gasteiger partial charge in [-0.1, -0.05) is 308 Å². The smallest absolute Gasteiger partial charge is 0.306 e. The summed E-state index contributed by atoms with van der Waals surface area (Å²) in [6.45, 7) is 6.33. The Morgan fingerprint density at radius 1 is 0.253 bits per heavy atom. The molecule has 0 fully saturated rings. The quantitative estimate of drug-likeness (QED) is 0.0261. The number of carbonyl (C=O) groups is 3. The molecule has 0 saturated heterocycles. The summed E-state index contributed by atoms with van der Waals surface area (Å²) in [5, 5.41) is 0. The van der Waals surface area contributed by atoms with Crippen LogP contribution in [0.1, 0.15) is 303 Å². The van der Waals surface area contributed by atoms with Gasteiger partial charge in [0.15, 0.2) is 6.10 Å². The molecule has 0 bridgehead atoms. The zero-order valence-electron chi connectivity index (χ0n) is 53.9. The molecule has 0 aromatic rings. The van der Waals surface area contributed by atoms with E-state index in [2.05, 4.69) is 167 Å². The van der Waals surface area contributed by atoms with E-state index in [0.29, 0.717) is 19.3 Å². The van der Waals surface area contributed by atoms with Crippen LogP contribution in [0.25, 0.3) is 0 Å². The van der Waals surface area contributed by atoms with Crippen LogP contribution in [-0.4, -0.2) is 37.2 Å². The molecule has 0 amide bonds. The van der Waals surface area contributed by atoms with Crippen molar-refractivity contribution in [2.75, 3.05) is 13.2 Å². The molecule has 0 aliphatic carbocycles. The van der Waals surface area contributed by atoms with Gasteiger partial charge < -0.3 is 14.2 Å². The Bertz CT molecular complexity index is 1800. The minimum absolute atomic E-state index is 0.0829. The molecule has 0 aromatic carbocycles. The number of allylic oxidation sites excluding steroid dienone is 24. The van der Waals surface area contributed by atoms with Crippen molar-refractivity contribution in [2.45, 2.75) is 309 Å². The van der Waals surface area contributed by atoms with E-state index in [0.717, 1.165) is 148 Å². The van der Waals surface area contributed by atoms with E-state index >= 15 is 0 Å². The van der Waals surface area contributed by atoms with Crippen LogP contribution in [-0.2, 0) is 28.6 Å². The summed E-state index contributed by atoms with van der Waals surface area (Å²) >= 11 is 0. The molecule has 0 heterocycles. The summed E-state index contributed by atoms with van der Waals surface area (Å²) in [6.07, 6.45) is 101. The van der Waals surface area contributed by atoms with Gasteiger partial charge in [0.2, 0.25) is 0 Å². The molecule has 6 heteroatoms. The van der Waals surface area contributed by atoms with E-state index in [-0.39, 0.29) is 31.1 Å². The fourth-order valence-corrected chi connectivity index (χ4v) is 9.27. The number of unbranched alkanes of at least 4 members (excludes halogenated alkanes) is 26. The van der Waals surface area contributed by atoms with Crippen LogP contribution >= 0.6 is 0 Å². The van der Waals surface area contributed by atoms with E-state index in [4.69, 9.17) is 14.2 Å². The first-order valence-corrected chi connectivity index (χ1v) is 34.3. The van der Waals surface area contributed by atoms with Gasteiger partial charge in [-0.2, -0.15) is 0 Å². The first kappa shape index (κ1) is 78.3. The van der Waals surface area contributed by atoms with Gasteiger partial charge in [0.05, 0.1) is 0 Å². The van der Waals surface area contributed by atoms with Crippen molar-refractivity contribution in [1.82, 2.24) is 0 Å². The predicted molar refractivity (Wildman–Crippen MR) is 362 cm³/mol. The van der Waals surface area contributed by atoms with Crippen molar-refractivity contribution in [3.05, 3.63) is 146 Å². The third-order valence-corrected chi connectivity index (χ3v) is 14.3. The molecule has 0 saturated carbocycles. The Hall–Kier alpha value is -4.71. The van der Waals surface area contributed by atoms with Crippen molar-refractivity contribution < 1.29 is 28.6 Å². The zero-order chi connectivity index (χ0) is 59.9. The lowest BCUT2D eigenvalue weighted by molar-refractivity contribution is -0.167. The lowest BCUT2D eigenvalue weighted by atomic mass is 10.0. The Morgan fingerprint density at radius 2 is 0.470 bits per heavy atom. The highest BCUT2D eigenvalue weighted by molar-refractivity contribution is 5.71. The maximum absolute atomic E-state index is 12.9. The Kier molecular flexibility index (Phi) is 65.8. The first-order chi connectivity index (χ1) is 41.0. The molecule has 0 rings (SSSR count). The maximum Gasteiger partial charge on any atom is 0.306 e. The molecule has 470 valence electrons. The maximum atomic E-state index is 12.9. The van der Waals surface area contributed by atoms with E-state index in [1.165, 1.54) is 116 Å². The fraction of sp³-hybridized carbons (Fsp3) is 0.649. The predicted octanol–water partition coefficient (Wildman–Crippen LogP) is 23.9. The molecule has 83 heavy (non-hydrogen) atoms. The molecule has 0 N–H and O–H groups in total. The second-order valence-electron chi connectivity index (χ2n) is 22.3. The van der Waals surface area contributed by atoms with Crippen molar-refractivity contribution in [3.63, 3.8) is 0 Å². The van der Waals surface area contributed by atoms with Gasteiger partial charge in [-0.3, -0.25) is 14.4 Å².